The van der Waals surface area contributed by atoms with Crippen LogP contribution < -0.4 is 10.1 Å². The van der Waals surface area contributed by atoms with Gasteiger partial charge in [0, 0.05) is 5.69 Å². The largest absolute Gasteiger partial charge is 0.497 e. The fraction of sp³-hybridized carbons (Fsp3) is 0.263. The molecular weight excluding hydrogens is 322 g/mol. The van der Waals surface area contributed by atoms with Gasteiger partial charge in [0.15, 0.2) is 0 Å². The molecule has 6 nitrogen and oxygen atoms in total. The molecule has 0 saturated heterocycles. The molecule has 2 aromatic rings. The van der Waals surface area contributed by atoms with Crippen molar-refractivity contribution in [2.24, 2.45) is 0 Å². The zero-order valence-electron chi connectivity index (χ0n) is 14.6. The third-order valence-corrected chi connectivity index (χ3v) is 3.30. The van der Waals surface area contributed by atoms with E-state index in [0.717, 1.165) is 0 Å². The maximum absolute atomic E-state index is 11.8. The minimum Gasteiger partial charge on any atom is -0.497 e. The molecule has 1 amide bonds. The maximum Gasteiger partial charge on any atom is 0.412 e. The molecule has 0 saturated carbocycles. The van der Waals surface area contributed by atoms with E-state index in [0.29, 0.717) is 22.6 Å². The number of carbonyl (C=O) groups excluding carboxylic acids is 1. The lowest BCUT2D eigenvalue weighted by atomic mass is 9.99. The fourth-order valence-electron chi connectivity index (χ4n) is 2.23. The van der Waals surface area contributed by atoms with Gasteiger partial charge in [0.25, 0.3) is 0 Å². The molecule has 25 heavy (non-hydrogen) atoms. The zero-order valence-corrected chi connectivity index (χ0v) is 14.6. The minimum atomic E-state index is -1.02. The van der Waals surface area contributed by atoms with E-state index in [1.165, 1.54) is 13.2 Å². The lowest BCUT2D eigenvalue weighted by Crippen LogP contribution is -2.27. The lowest BCUT2D eigenvalue weighted by Gasteiger charge is -2.19. The number of amides is 1. The molecule has 2 N–H and O–H groups in total. The molecule has 0 heterocycles. The van der Waals surface area contributed by atoms with Crippen LogP contribution in [0.5, 0.6) is 5.75 Å². The lowest BCUT2D eigenvalue weighted by molar-refractivity contribution is 0.0634. The van der Waals surface area contributed by atoms with Crippen LogP contribution >= 0.6 is 0 Å². The molecule has 6 heteroatoms. The highest BCUT2D eigenvalue weighted by atomic mass is 16.6. The number of benzene rings is 2. The zero-order chi connectivity index (χ0) is 18.6. The van der Waals surface area contributed by atoms with Crippen molar-refractivity contribution in [3.05, 3.63) is 48.0 Å². The Morgan fingerprint density at radius 1 is 1.04 bits per heavy atom. The molecule has 0 atom stereocenters. The van der Waals surface area contributed by atoms with Gasteiger partial charge in [0.05, 0.1) is 12.7 Å². The van der Waals surface area contributed by atoms with Crippen LogP contribution in [0, 0.1) is 0 Å². The molecule has 0 aliphatic heterocycles. The van der Waals surface area contributed by atoms with Gasteiger partial charge in [-0.1, -0.05) is 12.1 Å². The van der Waals surface area contributed by atoms with E-state index in [2.05, 4.69) is 5.32 Å². The van der Waals surface area contributed by atoms with Gasteiger partial charge in [-0.2, -0.15) is 0 Å². The summed E-state index contributed by atoms with van der Waals surface area (Å²) in [6.45, 7) is 5.35. The number of carbonyl (C=O) groups is 2. The highest BCUT2D eigenvalue weighted by Gasteiger charge is 2.17. The molecule has 0 aromatic heterocycles. The van der Waals surface area contributed by atoms with Crippen LogP contribution in [0.15, 0.2) is 42.5 Å². The van der Waals surface area contributed by atoms with Gasteiger partial charge < -0.3 is 14.6 Å². The van der Waals surface area contributed by atoms with Gasteiger partial charge in [-0.25, -0.2) is 9.59 Å². The van der Waals surface area contributed by atoms with Gasteiger partial charge in [-0.3, -0.25) is 5.32 Å². The Kier molecular flexibility index (Phi) is 5.32. The number of nitrogens with one attached hydrogen (secondary N) is 1. The van der Waals surface area contributed by atoms with Gasteiger partial charge >= 0.3 is 12.1 Å². The number of methoxy groups -OCH3 is 1. The SMILES string of the molecule is COc1ccc(C(=O)O)c(-c2ccc(NC(=O)OC(C)(C)C)cc2)c1. The third kappa shape index (κ3) is 4.97. The molecule has 0 fully saturated rings. The first-order valence-electron chi connectivity index (χ1n) is 7.71. The minimum absolute atomic E-state index is 0.175. The normalized spacial score (nSPS) is 10.9. The van der Waals surface area contributed by atoms with Crippen molar-refractivity contribution in [2.45, 2.75) is 26.4 Å². The molecule has 2 aromatic carbocycles. The Morgan fingerprint density at radius 2 is 1.68 bits per heavy atom. The van der Waals surface area contributed by atoms with Crippen LogP contribution in [-0.4, -0.2) is 29.9 Å². The molecule has 0 spiro atoms. The maximum atomic E-state index is 11.8. The van der Waals surface area contributed by atoms with Crippen LogP contribution in [0.2, 0.25) is 0 Å². The Labute approximate surface area is 146 Å². The van der Waals surface area contributed by atoms with Crippen LogP contribution in [0.4, 0.5) is 10.5 Å². The van der Waals surface area contributed by atoms with Crippen LogP contribution in [0.1, 0.15) is 31.1 Å². The van der Waals surface area contributed by atoms with E-state index in [1.807, 2.05) is 0 Å². The summed E-state index contributed by atoms with van der Waals surface area (Å²) in [6, 6.07) is 11.6. The van der Waals surface area contributed by atoms with Crippen molar-refractivity contribution in [3.8, 4) is 16.9 Å². The Hall–Kier alpha value is -3.02. The highest BCUT2D eigenvalue weighted by Crippen LogP contribution is 2.29. The van der Waals surface area contributed by atoms with Crippen molar-refractivity contribution in [2.75, 3.05) is 12.4 Å². The first-order valence-corrected chi connectivity index (χ1v) is 7.71. The van der Waals surface area contributed by atoms with Gasteiger partial charge in [-0.05, 0) is 62.2 Å². The number of rotatable bonds is 4. The van der Waals surface area contributed by atoms with Crippen LogP contribution in [-0.2, 0) is 4.74 Å². The van der Waals surface area contributed by atoms with Crippen molar-refractivity contribution >= 4 is 17.7 Å². The van der Waals surface area contributed by atoms with E-state index in [-0.39, 0.29) is 5.56 Å². The smallest absolute Gasteiger partial charge is 0.412 e. The van der Waals surface area contributed by atoms with Crippen molar-refractivity contribution in [3.63, 3.8) is 0 Å². The van der Waals surface area contributed by atoms with Gasteiger partial charge in [0.1, 0.15) is 11.4 Å². The quantitative estimate of drug-likeness (QED) is 0.859. The van der Waals surface area contributed by atoms with E-state index < -0.39 is 17.7 Å². The Bertz CT molecular complexity index is 775. The molecule has 2 rings (SSSR count). The number of anilines is 1. The molecular formula is C19H21NO5. The molecule has 0 bridgehead atoms. The number of ether oxygens (including phenoxy) is 2. The van der Waals surface area contributed by atoms with E-state index >= 15 is 0 Å². The number of hydrogen-bond donors (Lipinski definition) is 2. The van der Waals surface area contributed by atoms with Crippen molar-refractivity contribution in [1.82, 2.24) is 0 Å². The topological polar surface area (TPSA) is 84.9 Å². The Balaban J connectivity index is 2.25. The van der Waals surface area contributed by atoms with E-state index in [4.69, 9.17) is 9.47 Å². The predicted molar refractivity (Wildman–Crippen MR) is 95.2 cm³/mol. The third-order valence-electron chi connectivity index (χ3n) is 3.30. The van der Waals surface area contributed by atoms with Gasteiger partial charge in [-0.15, -0.1) is 0 Å². The second-order valence-corrected chi connectivity index (χ2v) is 6.42. The molecule has 0 radical (unpaired) electrons. The summed E-state index contributed by atoms with van der Waals surface area (Å²) in [7, 11) is 1.52. The van der Waals surface area contributed by atoms with Crippen LogP contribution in [0.3, 0.4) is 0 Å². The molecule has 0 unspecified atom stereocenters. The fourth-order valence-corrected chi connectivity index (χ4v) is 2.23. The highest BCUT2D eigenvalue weighted by molar-refractivity contribution is 5.96. The van der Waals surface area contributed by atoms with Crippen molar-refractivity contribution < 1.29 is 24.2 Å². The monoisotopic (exact) mass is 343 g/mol. The number of carboxylic acids is 1. The summed E-state index contributed by atoms with van der Waals surface area (Å²) in [4.78, 5) is 23.2. The standard InChI is InChI=1S/C19H21NO5/c1-19(2,3)25-18(23)20-13-7-5-12(6-8-13)16-11-14(24-4)9-10-15(16)17(21)22/h5-11H,1-4H3,(H,20,23)(H,21,22). The van der Waals surface area contributed by atoms with Crippen LogP contribution in [0.25, 0.3) is 11.1 Å². The van der Waals surface area contributed by atoms with Gasteiger partial charge in [0.2, 0.25) is 0 Å². The number of carboxylic acid groups (broad SMARTS) is 1. The summed E-state index contributed by atoms with van der Waals surface area (Å²) >= 11 is 0. The average Bonchev–Trinajstić information content (AvgIpc) is 2.53. The summed E-state index contributed by atoms with van der Waals surface area (Å²) < 4.78 is 10.4. The van der Waals surface area contributed by atoms with E-state index in [9.17, 15) is 14.7 Å². The molecule has 132 valence electrons. The van der Waals surface area contributed by atoms with E-state index in [1.54, 1.807) is 57.2 Å². The second-order valence-electron chi connectivity index (χ2n) is 6.42. The first-order chi connectivity index (χ1) is 11.7. The summed E-state index contributed by atoms with van der Waals surface area (Å²) in [6.07, 6.45) is -0.548. The first kappa shape index (κ1) is 18.3. The molecule has 0 aliphatic carbocycles. The summed E-state index contributed by atoms with van der Waals surface area (Å²) in [5.74, 6) is -0.454. The number of aromatic carboxylic acids is 1. The molecule has 0 aliphatic rings. The Morgan fingerprint density at radius 3 is 2.20 bits per heavy atom. The summed E-state index contributed by atoms with van der Waals surface area (Å²) in [5.41, 5.74) is 1.38. The predicted octanol–water partition coefficient (Wildman–Crippen LogP) is 4.41. The average molecular weight is 343 g/mol. The number of hydrogen-bond acceptors (Lipinski definition) is 4. The summed E-state index contributed by atoms with van der Waals surface area (Å²) in [5, 5.41) is 12.0. The second kappa shape index (κ2) is 7.25. The van der Waals surface area contributed by atoms with Crippen molar-refractivity contribution in [1.29, 1.82) is 0 Å².